The average molecular weight is 338 g/mol. The summed E-state index contributed by atoms with van der Waals surface area (Å²) in [7, 11) is 2.21. The average Bonchev–Trinajstić information content (AvgIpc) is 2.66. The predicted molar refractivity (Wildman–Crippen MR) is 101 cm³/mol. The molecule has 1 heterocycles. The van der Waals surface area contributed by atoms with Crippen LogP contribution in [0.25, 0.3) is 0 Å². The van der Waals surface area contributed by atoms with Crippen LogP contribution in [-0.4, -0.2) is 40.9 Å². The van der Waals surface area contributed by atoms with Crippen molar-refractivity contribution >= 4 is 0 Å². The smallest absolute Gasteiger partial charge is 0.138 e. The van der Waals surface area contributed by atoms with Gasteiger partial charge in [-0.05, 0) is 11.6 Å². The molecule has 0 aromatic heterocycles. The van der Waals surface area contributed by atoms with E-state index in [1.165, 1.54) is 0 Å². The molecule has 0 radical (unpaired) electrons. The van der Waals surface area contributed by atoms with Crippen molar-refractivity contribution in [3.63, 3.8) is 0 Å². The highest BCUT2D eigenvalue weighted by Crippen LogP contribution is 2.37. The van der Waals surface area contributed by atoms with E-state index in [1.807, 2.05) is 48.5 Å². The largest absolute Gasteiger partial charge is 0.390 e. The van der Waals surface area contributed by atoms with Gasteiger partial charge in [-0.15, -0.1) is 0 Å². The lowest BCUT2D eigenvalue weighted by atomic mass is 9.91. The summed E-state index contributed by atoms with van der Waals surface area (Å²) >= 11 is 0. The van der Waals surface area contributed by atoms with Gasteiger partial charge in [-0.1, -0.05) is 66.7 Å². The zero-order valence-electron chi connectivity index (χ0n) is 14.8. The van der Waals surface area contributed by atoms with Gasteiger partial charge in [0.1, 0.15) is 6.04 Å². The third kappa shape index (κ3) is 3.84. The maximum Gasteiger partial charge on any atom is 0.138 e. The van der Waals surface area contributed by atoms with Crippen molar-refractivity contribution in [1.29, 1.82) is 0 Å². The Bertz CT molecular complexity index is 686. The molecule has 0 spiro atoms. The maximum atomic E-state index is 10.7. The van der Waals surface area contributed by atoms with Crippen LogP contribution < -0.4 is 0 Å². The van der Waals surface area contributed by atoms with Gasteiger partial charge in [0.15, 0.2) is 0 Å². The first kappa shape index (κ1) is 17.9. The van der Waals surface area contributed by atoms with Crippen molar-refractivity contribution in [2.75, 3.05) is 20.2 Å². The van der Waals surface area contributed by atoms with Crippen LogP contribution in [0.3, 0.4) is 0 Å². The molecule has 0 aliphatic carbocycles. The van der Waals surface area contributed by atoms with Crippen LogP contribution in [-0.2, 0) is 0 Å². The highest BCUT2D eigenvalue weighted by atomic mass is 16.3. The second-order valence-electron chi connectivity index (χ2n) is 7.16. The number of rotatable bonds is 6. The number of likely N-dealkylation sites (N-methyl/N-ethyl adjacent to an activating group) is 1. The second kappa shape index (κ2) is 7.96. The Morgan fingerprint density at radius 1 is 0.960 bits per heavy atom. The molecule has 132 valence electrons. The summed E-state index contributed by atoms with van der Waals surface area (Å²) in [6.07, 6.45) is 5.54. The van der Waals surface area contributed by atoms with Crippen molar-refractivity contribution in [2.24, 2.45) is 0 Å². The summed E-state index contributed by atoms with van der Waals surface area (Å²) in [5.74, 6) is 0. The fourth-order valence-electron chi connectivity index (χ4n) is 4.04. The number of hydrogen-bond acceptors (Lipinski definition) is 2. The van der Waals surface area contributed by atoms with Crippen LogP contribution in [0.15, 0.2) is 72.8 Å². The van der Waals surface area contributed by atoms with E-state index in [-0.39, 0.29) is 18.7 Å². The summed E-state index contributed by atoms with van der Waals surface area (Å²) in [6, 6.07) is 20.4. The van der Waals surface area contributed by atoms with E-state index in [2.05, 4.69) is 31.3 Å². The highest BCUT2D eigenvalue weighted by molar-refractivity contribution is 5.19. The molecule has 3 nitrogen and oxygen atoms in total. The molecule has 3 rings (SSSR count). The van der Waals surface area contributed by atoms with E-state index in [4.69, 9.17) is 0 Å². The van der Waals surface area contributed by atoms with Gasteiger partial charge >= 0.3 is 0 Å². The standard InChI is InChI=1S/C22H28NO2/c1-23(21(17-24)18-10-4-2-5-11-18)15-9-8-14-20(23)16-22(25)19-12-6-3-7-13-19/h2-13,20-22,24-25H,14-17H2,1H3/q+1/t20-,21?,22-,23?/m0/s1. The zero-order chi connectivity index (χ0) is 17.7. The highest BCUT2D eigenvalue weighted by Gasteiger charge is 2.41. The quantitative estimate of drug-likeness (QED) is 0.624. The van der Waals surface area contributed by atoms with Gasteiger partial charge in [-0.25, -0.2) is 0 Å². The molecule has 2 aromatic carbocycles. The van der Waals surface area contributed by atoms with Gasteiger partial charge in [0.2, 0.25) is 0 Å². The molecule has 0 amide bonds. The fourth-order valence-corrected chi connectivity index (χ4v) is 4.04. The minimum absolute atomic E-state index is 0.0131. The monoisotopic (exact) mass is 338 g/mol. The molecule has 25 heavy (non-hydrogen) atoms. The predicted octanol–water partition coefficient (Wildman–Crippen LogP) is 3.62. The van der Waals surface area contributed by atoms with E-state index < -0.39 is 6.10 Å². The Hall–Kier alpha value is -1.94. The van der Waals surface area contributed by atoms with Gasteiger partial charge < -0.3 is 14.7 Å². The fraction of sp³-hybridized carbons (Fsp3) is 0.364. The Labute approximate surface area is 150 Å². The Morgan fingerprint density at radius 3 is 2.16 bits per heavy atom. The zero-order valence-corrected chi connectivity index (χ0v) is 14.8. The first-order valence-electron chi connectivity index (χ1n) is 9.04. The molecule has 4 atom stereocenters. The summed E-state index contributed by atoms with van der Waals surface area (Å²) in [4.78, 5) is 0. The molecule has 0 saturated heterocycles. The summed E-state index contributed by atoms with van der Waals surface area (Å²) in [5, 5.41) is 20.9. The second-order valence-corrected chi connectivity index (χ2v) is 7.16. The topological polar surface area (TPSA) is 40.5 Å². The van der Waals surface area contributed by atoms with Gasteiger partial charge in [-0.2, -0.15) is 0 Å². The molecular weight excluding hydrogens is 310 g/mol. The number of quaternary nitrogens is 1. The van der Waals surface area contributed by atoms with Crippen LogP contribution in [0, 0.1) is 0 Å². The van der Waals surface area contributed by atoms with Crippen molar-refractivity contribution in [2.45, 2.75) is 31.0 Å². The molecule has 1 aliphatic rings. The Balaban J connectivity index is 1.85. The van der Waals surface area contributed by atoms with Crippen LogP contribution in [0.2, 0.25) is 0 Å². The molecule has 0 fully saturated rings. The lowest BCUT2D eigenvalue weighted by Gasteiger charge is -2.48. The first-order chi connectivity index (χ1) is 12.1. The van der Waals surface area contributed by atoms with Gasteiger partial charge in [-0.3, -0.25) is 0 Å². The van der Waals surface area contributed by atoms with Crippen LogP contribution in [0.1, 0.15) is 36.1 Å². The molecule has 0 saturated carbocycles. The number of aliphatic hydroxyl groups excluding tert-OH is 2. The summed E-state index contributed by atoms with van der Waals surface area (Å²) in [5.41, 5.74) is 2.12. The first-order valence-corrected chi connectivity index (χ1v) is 9.04. The van der Waals surface area contributed by atoms with Crippen molar-refractivity contribution in [3.8, 4) is 0 Å². The molecule has 0 bridgehead atoms. The summed E-state index contributed by atoms with van der Waals surface area (Å²) < 4.78 is 0.723. The Morgan fingerprint density at radius 2 is 1.56 bits per heavy atom. The number of hydrogen-bond donors (Lipinski definition) is 2. The van der Waals surface area contributed by atoms with Crippen LogP contribution in [0.5, 0.6) is 0 Å². The number of nitrogens with zero attached hydrogens (tertiary/aromatic N) is 1. The number of aliphatic hydroxyl groups is 2. The molecule has 2 aromatic rings. The van der Waals surface area contributed by atoms with E-state index in [1.54, 1.807) is 0 Å². The lowest BCUT2D eigenvalue weighted by molar-refractivity contribution is -0.959. The van der Waals surface area contributed by atoms with E-state index >= 15 is 0 Å². The molecular formula is C22H28NO2+. The minimum Gasteiger partial charge on any atom is -0.390 e. The maximum absolute atomic E-state index is 10.7. The third-order valence-corrected chi connectivity index (χ3v) is 5.66. The molecule has 2 unspecified atom stereocenters. The van der Waals surface area contributed by atoms with Crippen molar-refractivity contribution in [1.82, 2.24) is 0 Å². The lowest BCUT2D eigenvalue weighted by Crippen LogP contribution is -2.57. The third-order valence-electron chi connectivity index (χ3n) is 5.66. The van der Waals surface area contributed by atoms with Crippen LogP contribution in [0.4, 0.5) is 0 Å². The van der Waals surface area contributed by atoms with E-state index in [0.29, 0.717) is 6.42 Å². The van der Waals surface area contributed by atoms with E-state index in [9.17, 15) is 10.2 Å². The number of benzene rings is 2. The van der Waals surface area contributed by atoms with Crippen molar-refractivity contribution < 1.29 is 14.7 Å². The van der Waals surface area contributed by atoms with Crippen LogP contribution >= 0.6 is 0 Å². The summed E-state index contributed by atoms with van der Waals surface area (Å²) in [6.45, 7) is 0.971. The normalized spacial score (nSPS) is 25.5. The minimum atomic E-state index is -0.481. The molecule has 3 heteroatoms. The Kier molecular flexibility index (Phi) is 5.69. The van der Waals surface area contributed by atoms with E-state index in [0.717, 1.165) is 28.6 Å². The SMILES string of the molecule is C[N+]1(C(CO)c2ccccc2)CC=CC[C@H]1C[C@H](O)c1ccccc1. The molecule has 2 N–H and O–H groups in total. The van der Waals surface area contributed by atoms with Gasteiger partial charge in [0, 0.05) is 18.4 Å². The molecule has 1 aliphatic heterocycles. The van der Waals surface area contributed by atoms with Gasteiger partial charge in [0.25, 0.3) is 0 Å². The van der Waals surface area contributed by atoms with Crippen molar-refractivity contribution in [3.05, 3.63) is 83.9 Å². The van der Waals surface area contributed by atoms with Gasteiger partial charge in [0.05, 0.1) is 32.3 Å².